The molecule has 0 bridgehead atoms. The standard InChI is InChI=1S/C15H19N3O2S/c1-4-10(2)20-14-9-13(16)17-15(18-14)21-12-8-6-5-7-11(12)19-3/h5-10H,4H2,1-3H3,(H2,16,17,18). The third-order valence-electron chi connectivity index (χ3n) is 2.87. The number of rotatable bonds is 6. The van der Waals surface area contributed by atoms with Crippen LogP contribution in [0.15, 0.2) is 40.4 Å². The smallest absolute Gasteiger partial charge is 0.219 e. The van der Waals surface area contributed by atoms with E-state index in [1.165, 1.54) is 11.8 Å². The third-order valence-corrected chi connectivity index (χ3v) is 3.79. The molecule has 1 heterocycles. The van der Waals surface area contributed by atoms with E-state index in [1.807, 2.05) is 31.2 Å². The van der Waals surface area contributed by atoms with Gasteiger partial charge in [-0.05, 0) is 37.2 Å². The van der Waals surface area contributed by atoms with Crippen LogP contribution >= 0.6 is 11.8 Å². The summed E-state index contributed by atoms with van der Waals surface area (Å²) in [6, 6.07) is 9.34. The lowest BCUT2D eigenvalue weighted by atomic mass is 10.3. The normalized spacial score (nSPS) is 12.0. The number of anilines is 1. The Morgan fingerprint density at radius 1 is 1.29 bits per heavy atom. The van der Waals surface area contributed by atoms with E-state index < -0.39 is 0 Å². The van der Waals surface area contributed by atoms with Gasteiger partial charge < -0.3 is 15.2 Å². The van der Waals surface area contributed by atoms with E-state index in [0.29, 0.717) is 16.9 Å². The van der Waals surface area contributed by atoms with E-state index >= 15 is 0 Å². The number of para-hydroxylation sites is 1. The van der Waals surface area contributed by atoms with Crippen molar-refractivity contribution in [3.8, 4) is 11.6 Å². The van der Waals surface area contributed by atoms with Gasteiger partial charge in [0.05, 0.1) is 18.1 Å². The molecule has 1 unspecified atom stereocenters. The van der Waals surface area contributed by atoms with Gasteiger partial charge in [-0.1, -0.05) is 19.1 Å². The molecular weight excluding hydrogens is 286 g/mol. The molecule has 2 N–H and O–H groups in total. The van der Waals surface area contributed by atoms with Crippen molar-refractivity contribution in [3.63, 3.8) is 0 Å². The van der Waals surface area contributed by atoms with Gasteiger partial charge in [-0.3, -0.25) is 0 Å². The summed E-state index contributed by atoms with van der Waals surface area (Å²) in [4.78, 5) is 9.55. The molecule has 1 aromatic heterocycles. The van der Waals surface area contributed by atoms with Crippen LogP contribution in [0, 0.1) is 0 Å². The van der Waals surface area contributed by atoms with Gasteiger partial charge in [0.15, 0.2) is 5.16 Å². The minimum Gasteiger partial charge on any atom is -0.496 e. The fourth-order valence-corrected chi connectivity index (χ4v) is 2.50. The van der Waals surface area contributed by atoms with Crippen molar-refractivity contribution in [2.45, 2.75) is 36.4 Å². The second kappa shape index (κ2) is 7.17. The molecule has 1 aromatic carbocycles. The fraction of sp³-hybridized carbons (Fsp3) is 0.333. The van der Waals surface area contributed by atoms with Crippen LogP contribution in [0.4, 0.5) is 5.82 Å². The Labute approximate surface area is 128 Å². The molecule has 0 saturated carbocycles. The van der Waals surface area contributed by atoms with Gasteiger partial charge in [-0.2, -0.15) is 4.98 Å². The zero-order valence-electron chi connectivity index (χ0n) is 12.4. The highest BCUT2D eigenvalue weighted by Crippen LogP contribution is 2.33. The fourth-order valence-electron chi connectivity index (χ4n) is 1.62. The summed E-state index contributed by atoms with van der Waals surface area (Å²) in [5.74, 6) is 1.66. The minimum absolute atomic E-state index is 0.0865. The Morgan fingerprint density at radius 2 is 2.05 bits per heavy atom. The number of methoxy groups -OCH3 is 1. The molecule has 0 spiro atoms. The van der Waals surface area contributed by atoms with E-state index in [0.717, 1.165) is 17.1 Å². The first-order valence-corrected chi connectivity index (χ1v) is 7.56. The molecule has 0 aliphatic carbocycles. The maximum absolute atomic E-state index is 5.83. The molecule has 0 aliphatic heterocycles. The number of ether oxygens (including phenoxy) is 2. The van der Waals surface area contributed by atoms with Gasteiger partial charge in [0, 0.05) is 6.07 Å². The Morgan fingerprint density at radius 3 is 2.76 bits per heavy atom. The second-order valence-electron chi connectivity index (χ2n) is 4.50. The van der Waals surface area contributed by atoms with Crippen LogP contribution in [0.2, 0.25) is 0 Å². The average molecular weight is 305 g/mol. The van der Waals surface area contributed by atoms with Gasteiger partial charge in [0.25, 0.3) is 0 Å². The van der Waals surface area contributed by atoms with Crippen molar-refractivity contribution in [2.75, 3.05) is 12.8 Å². The third kappa shape index (κ3) is 4.26. The predicted molar refractivity (Wildman–Crippen MR) is 83.9 cm³/mol. The summed E-state index contributed by atoms with van der Waals surface area (Å²) in [5.41, 5.74) is 5.83. The molecule has 0 fully saturated rings. The van der Waals surface area contributed by atoms with Crippen molar-refractivity contribution in [3.05, 3.63) is 30.3 Å². The Hall–Kier alpha value is -1.95. The number of benzene rings is 1. The molecule has 0 amide bonds. The van der Waals surface area contributed by atoms with Crippen LogP contribution in [-0.2, 0) is 0 Å². The molecule has 0 aliphatic rings. The van der Waals surface area contributed by atoms with Crippen molar-refractivity contribution in [2.24, 2.45) is 0 Å². The van der Waals surface area contributed by atoms with Crippen molar-refractivity contribution >= 4 is 17.6 Å². The lowest BCUT2D eigenvalue weighted by Gasteiger charge is -2.13. The monoisotopic (exact) mass is 305 g/mol. The summed E-state index contributed by atoms with van der Waals surface area (Å²) >= 11 is 1.39. The molecule has 2 aromatic rings. The summed E-state index contributed by atoms with van der Waals surface area (Å²) in [7, 11) is 1.64. The van der Waals surface area contributed by atoms with Crippen LogP contribution in [0.1, 0.15) is 20.3 Å². The highest BCUT2D eigenvalue weighted by molar-refractivity contribution is 7.99. The number of hydrogen-bond donors (Lipinski definition) is 1. The molecule has 1 atom stereocenters. The lowest BCUT2D eigenvalue weighted by Crippen LogP contribution is -2.11. The molecule has 2 rings (SSSR count). The molecule has 6 heteroatoms. The van der Waals surface area contributed by atoms with E-state index in [-0.39, 0.29) is 6.10 Å². The molecular formula is C15H19N3O2S. The van der Waals surface area contributed by atoms with Gasteiger partial charge in [0.2, 0.25) is 5.88 Å². The van der Waals surface area contributed by atoms with Crippen LogP contribution < -0.4 is 15.2 Å². The van der Waals surface area contributed by atoms with Crippen molar-refractivity contribution in [1.82, 2.24) is 9.97 Å². The Balaban J connectivity index is 2.23. The number of nitrogens with zero attached hydrogens (tertiary/aromatic N) is 2. The number of aromatic nitrogens is 2. The molecule has 112 valence electrons. The zero-order chi connectivity index (χ0) is 15.2. The molecule has 5 nitrogen and oxygen atoms in total. The van der Waals surface area contributed by atoms with Crippen LogP contribution in [0.3, 0.4) is 0 Å². The van der Waals surface area contributed by atoms with Gasteiger partial charge in [-0.25, -0.2) is 4.98 Å². The molecule has 0 radical (unpaired) electrons. The first-order chi connectivity index (χ1) is 10.1. The number of nitrogens with two attached hydrogens (primary N) is 1. The highest BCUT2D eigenvalue weighted by atomic mass is 32.2. The maximum atomic E-state index is 5.83. The van der Waals surface area contributed by atoms with Gasteiger partial charge in [-0.15, -0.1) is 0 Å². The predicted octanol–water partition coefficient (Wildman–Crippen LogP) is 3.40. The zero-order valence-corrected chi connectivity index (χ0v) is 13.2. The van der Waals surface area contributed by atoms with Crippen LogP contribution in [0.25, 0.3) is 0 Å². The largest absolute Gasteiger partial charge is 0.496 e. The average Bonchev–Trinajstić information content (AvgIpc) is 2.47. The second-order valence-corrected chi connectivity index (χ2v) is 5.51. The van der Waals surface area contributed by atoms with Crippen molar-refractivity contribution < 1.29 is 9.47 Å². The van der Waals surface area contributed by atoms with Gasteiger partial charge >= 0.3 is 0 Å². The Kier molecular flexibility index (Phi) is 5.27. The maximum Gasteiger partial charge on any atom is 0.219 e. The van der Waals surface area contributed by atoms with E-state index in [9.17, 15) is 0 Å². The van der Waals surface area contributed by atoms with Crippen LogP contribution in [0.5, 0.6) is 11.6 Å². The van der Waals surface area contributed by atoms with Crippen LogP contribution in [-0.4, -0.2) is 23.2 Å². The summed E-state index contributed by atoms with van der Waals surface area (Å²) in [6.07, 6.45) is 0.988. The Bertz CT molecular complexity index is 607. The van der Waals surface area contributed by atoms with E-state index in [4.69, 9.17) is 15.2 Å². The van der Waals surface area contributed by atoms with Gasteiger partial charge in [0.1, 0.15) is 11.6 Å². The highest BCUT2D eigenvalue weighted by Gasteiger charge is 2.10. The lowest BCUT2D eigenvalue weighted by molar-refractivity contribution is 0.207. The molecule has 0 saturated heterocycles. The first-order valence-electron chi connectivity index (χ1n) is 6.74. The summed E-state index contributed by atoms with van der Waals surface area (Å²) in [6.45, 7) is 4.05. The first kappa shape index (κ1) is 15.4. The van der Waals surface area contributed by atoms with E-state index in [1.54, 1.807) is 13.2 Å². The quantitative estimate of drug-likeness (QED) is 0.825. The summed E-state index contributed by atoms with van der Waals surface area (Å²) in [5, 5.41) is 0.540. The summed E-state index contributed by atoms with van der Waals surface area (Å²) < 4.78 is 11.0. The SMILES string of the molecule is CCC(C)Oc1cc(N)nc(Sc2ccccc2OC)n1. The molecule has 21 heavy (non-hydrogen) atoms. The topological polar surface area (TPSA) is 70.3 Å². The number of nitrogen functional groups attached to an aromatic ring is 1. The minimum atomic E-state index is 0.0865. The number of hydrogen-bond acceptors (Lipinski definition) is 6. The van der Waals surface area contributed by atoms with E-state index in [2.05, 4.69) is 16.9 Å². The van der Waals surface area contributed by atoms with Crippen molar-refractivity contribution in [1.29, 1.82) is 0 Å².